The zero-order valence-electron chi connectivity index (χ0n) is 9.43. The third-order valence-corrected chi connectivity index (χ3v) is 3.61. The molecule has 0 saturated carbocycles. The minimum Gasteiger partial charge on any atom is -0.490 e. The maximum absolute atomic E-state index is 5.68. The highest BCUT2D eigenvalue weighted by atomic mass is 79.9. The van der Waals surface area contributed by atoms with E-state index in [0.717, 1.165) is 32.3 Å². The van der Waals surface area contributed by atoms with Gasteiger partial charge in [-0.1, -0.05) is 15.9 Å². The van der Waals surface area contributed by atoms with E-state index >= 15 is 0 Å². The van der Waals surface area contributed by atoms with Crippen molar-refractivity contribution in [2.45, 2.75) is 0 Å². The SMILES string of the molecule is COCCNCCOc1c(Br)cc(Br)cc1Br. The zero-order chi connectivity index (χ0) is 12.7. The van der Waals surface area contributed by atoms with Gasteiger partial charge in [-0.2, -0.15) is 0 Å². The second-order valence-corrected chi connectivity index (χ2v) is 5.91. The Labute approximate surface area is 127 Å². The number of hydrogen-bond acceptors (Lipinski definition) is 3. The number of halogens is 3. The molecular weight excluding hydrogens is 418 g/mol. The summed E-state index contributed by atoms with van der Waals surface area (Å²) in [5.41, 5.74) is 0. The van der Waals surface area contributed by atoms with Gasteiger partial charge in [-0.3, -0.25) is 0 Å². The van der Waals surface area contributed by atoms with E-state index in [1.165, 1.54) is 0 Å². The Morgan fingerprint density at radius 2 is 1.65 bits per heavy atom. The Balaban J connectivity index is 2.36. The van der Waals surface area contributed by atoms with Gasteiger partial charge in [-0.15, -0.1) is 0 Å². The highest BCUT2D eigenvalue weighted by Gasteiger charge is 2.07. The topological polar surface area (TPSA) is 30.5 Å². The van der Waals surface area contributed by atoms with Crippen molar-refractivity contribution in [3.63, 3.8) is 0 Å². The zero-order valence-corrected chi connectivity index (χ0v) is 14.2. The molecule has 0 heterocycles. The molecule has 0 radical (unpaired) electrons. The van der Waals surface area contributed by atoms with Crippen molar-refractivity contribution in [3.8, 4) is 5.75 Å². The van der Waals surface area contributed by atoms with Gasteiger partial charge < -0.3 is 14.8 Å². The first-order valence-corrected chi connectivity index (χ1v) is 7.50. The van der Waals surface area contributed by atoms with E-state index < -0.39 is 0 Å². The van der Waals surface area contributed by atoms with E-state index in [1.54, 1.807) is 7.11 Å². The Kier molecular flexibility index (Phi) is 7.70. The van der Waals surface area contributed by atoms with Gasteiger partial charge in [0, 0.05) is 24.7 Å². The molecule has 0 aromatic heterocycles. The minimum absolute atomic E-state index is 0.614. The largest absolute Gasteiger partial charge is 0.490 e. The molecule has 0 atom stereocenters. The quantitative estimate of drug-likeness (QED) is 0.669. The van der Waals surface area contributed by atoms with Crippen molar-refractivity contribution in [1.82, 2.24) is 5.32 Å². The average molecular weight is 432 g/mol. The monoisotopic (exact) mass is 429 g/mol. The summed E-state index contributed by atoms with van der Waals surface area (Å²) >= 11 is 10.3. The summed E-state index contributed by atoms with van der Waals surface area (Å²) in [7, 11) is 1.69. The van der Waals surface area contributed by atoms with Crippen LogP contribution in [0.25, 0.3) is 0 Å². The number of methoxy groups -OCH3 is 1. The van der Waals surface area contributed by atoms with Gasteiger partial charge in [0.15, 0.2) is 0 Å². The summed E-state index contributed by atoms with van der Waals surface area (Å²) in [5.74, 6) is 0.821. The van der Waals surface area contributed by atoms with Gasteiger partial charge in [-0.25, -0.2) is 0 Å². The third kappa shape index (κ3) is 5.70. The molecule has 0 bridgehead atoms. The standard InChI is InChI=1S/C11H14Br3NO2/c1-16-4-2-15-3-5-17-11-9(13)6-8(12)7-10(11)14/h6-7,15H,2-5H2,1H3. The normalized spacial score (nSPS) is 10.6. The molecule has 96 valence electrons. The van der Waals surface area contributed by atoms with Gasteiger partial charge in [0.25, 0.3) is 0 Å². The van der Waals surface area contributed by atoms with Crippen LogP contribution in [0.15, 0.2) is 25.6 Å². The van der Waals surface area contributed by atoms with E-state index in [4.69, 9.17) is 9.47 Å². The van der Waals surface area contributed by atoms with Crippen LogP contribution in [0.4, 0.5) is 0 Å². The lowest BCUT2D eigenvalue weighted by Gasteiger charge is -2.11. The molecular formula is C11H14Br3NO2. The summed E-state index contributed by atoms with van der Waals surface area (Å²) in [6, 6.07) is 3.91. The van der Waals surface area contributed by atoms with Crippen molar-refractivity contribution < 1.29 is 9.47 Å². The van der Waals surface area contributed by atoms with Crippen LogP contribution in [0.2, 0.25) is 0 Å². The van der Waals surface area contributed by atoms with Gasteiger partial charge in [0.05, 0.1) is 15.6 Å². The first kappa shape index (κ1) is 15.4. The lowest BCUT2D eigenvalue weighted by atomic mass is 10.3. The molecule has 1 aromatic carbocycles. The third-order valence-electron chi connectivity index (χ3n) is 1.97. The molecule has 6 heteroatoms. The molecule has 0 amide bonds. The van der Waals surface area contributed by atoms with Crippen LogP contribution in [0.5, 0.6) is 5.75 Å². The number of rotatable bonds is 7. The van der Waals surface area contributed by atoms with Crippen molar-refractivity contribution in [1.29, 1.82) is 0 Å². The second kappa shape index (κ2) is 8.48. The maximum atomic E-state index is 5.68. The van der Waals surface area contributed by atoms with Gasteiger partial charge in [-0.05, 0) is 44.0 Å². The molecule has 1 rings (SSSR count). The van der Waals surface area contributed by atoms with Crippen LogP contribution < -0.4 is 10.1 Å². The molecule has 0 aliphatic heterocycles. The minimum atomic E-state index is 0.614. The Bertz CT molecular complexity index is 338. The predicted octanol–water partition coefficient (Wildman–Crippen LogP) is 3.59. The highest BCUT2D eigenvalue weighted by Crippen LogP contribution is 2.36. The van der Waals surface area contributed by atoms with Gasteiger partial charge in [0.2, 0.25) is 0 Å². The first-order chi connectivity index (χ1) is 8.15. The fraction of sp³-hybridized carbons (Fsp3) is 0.455. The lowest BCUT2D eigenvalue weighted by molar-refractivity contribution is 0.196. The molecule has 1 aromatic rings. The molecule has 3 nitrogen and oxygen atoms in total. The van der Waals surface area contributed by atoms with Crippen LogP contribution in [-0.2, 0) is 4.74 Å². The van der Waals surface area contributed by atoms with Crippen LogP contribution >= 0.6 is 47.8 Å². The van der Waals surface area contributed by atoms with E-state index in [2.05, 4.69) is 53.1 Å². The van der Waals surface area contributed by atoms with Gasteiger partial charge in [0.1, 0.15) is 12.4 Å². The Hall–Kier alpha value is 0.380. The molecule has 0 spiro atoms. The molecule has 1 N–H and O–H groups in total. The highest BCUT2D eigenvalue weighted by molar-refractivity contribution is 9.11. The Morgan fingerprint density at radius 3 is 2.24 bits per heavy atom. The maximum Gasteiger partial charge on any atom is 0.147 e. The predicted molar refractivity (Wildman–Crippen MR) is 79.8 cm³/mol. The lowest BCUT2D eigenvalue weighted by Crippen LogP contribution is -2.24. The second-order valence-electron chi connectivity index (χ2n) is 3.29. The van der Waals surface area contributed by atoms with Crippen LogP contribution in [-0.4, -0.2) is 33.4 Å². The fourth-order valence-corrected chi connectivity index (χ4v) is 3.68. The van der Waals surface area contributed by atoms with Crippen LogP contribution in [0, 0.1) is 0 Å². The van der Waals surface area contributed by atoms with Crippen molar-refractivity contribution in [3.05, 3.63) is 25.6 Å². The fourth-order valence-electron chi connectivity index (χ4n) is 1.19. The summed E-state index contributed by atoms with van der Waals surface area (Å²) in [5, 5.41) is 3.22. The Morgan fingerprint density at radius 1 is 1.06 bits per heavy atom. The smallest absolute Gasteiger partial charge is 0.147 e. The molecule has 0 unspecified atom stereocenters. The van der Waals surface area contributed by atoms with E-state index in [1.807, 2.05) is 12.1 Å². The van der Waals surface area contributed by atoms with E-state index in [-0.39, 0.29) is 0 Å². The van der Waals surface area contributed by atoms with Crippen molar-refractivity contribution >= 4 is 47.8 Å². The van der Waals surface area contributed by atoms with E-state index in [9.17, 15) is 0 Å². The molecule has 0 fully saturated rings. The summed E-state index contributed by atoms with van der Waals surface area (Å²) in [4.78, 5) is 0. The van der Waals surface area contributed by atoms with Gasteiger partial charge >= 0.3 is 0 Å². The number of hydrogen-bond donors (Lipinski definition) is 1. The van der Waals surface area contributed by atoms with Crippen LogP contribution in [0.1, 0.15) is 0 Å². The number of nitrogens with one attached hydrogen (secondary N) is 1. The molecule has 0 aliphatic carbocycles. The average Bonchev–Trinajstić information content (AvgIpc) is 2.26. The van der Waals surface area contributed by atoms with Crippen LogP contribution in [0.3, 0.4) is 0 Å². The van der Waals surface area contributed by atoms with E-state index in [0.29, 0.717) is 13.2 Å². The molecule has 0 saturated heterocycles. The first-order valence-electron chi connectivity index (χ1n) is 5.12. The molecule has 17 heavy (non-hydrogen) atoms. The number of ether oxygens (including phenoxy) is 2. The van der Waals surface area contributed by atoms with Crippen molar-refractivity contribution in [2.24, 2.45) is 0 Å². The summed E-state index contributed by atoms with van der Waals surface area (Å²) in [6.07, 6.45) is 0. The summed E-state index contributed by atoms with van der Waals surface area (Å²) in [6.45, 7) is 2.95. The molecule has 0 aliphatic rings. The van der Waals surface area contributed by atoms with Crippen molar-refractivity contribution in [2.75, 3.05) is 33.4 Å². The number of benzene rings is 1. The summed E-state index contributed by atoms with van der Waals surface area (Å²) < 4.78 is 13.5.